The lowest BCUT2D eigenvalue weighted by Gasteiger charge is -2.08. The van der Waals surface area contributed by atoms with E-state index >= 15 is 0 Å². The molecule has 2 aromatic rings. The number of aromatic nitrogens is 2. The van der Waals surface area contributed by atoms with Gasteiger partial charge in [0.05, 0.1) is 17.1 Å². The molecule has 2 rings (SSSR count). The minimum Gasteiger partial charge on any atom is -0.482 e. The maximum absolute atomic E-state index is 13.0. The minimum absolute atomic E-state index is 0.206. The van der Waals surface area contributed by atoms with E-state index in [4.69, 9.17) is 9.47 Å². The number of carbonyl (C=O) groups is 2. The molecule has 0 spiro atoms. The number of amides is 1. The zero-order valence-electron chi connectivity index (χ0n) is 13.6. The number of anilines is 1. The van der Waals surface area contributed by atoms with Crippen LogP contribution in [0.15, 0.2) is 24.3 Å². The summed E-state index contributed by atoms with van der Waals surface area (Å²) in [5.41, 5.74) is 2.06. The highest BCUT2D eigenvalue weighted by Crippen LogP contribution is 2.18. The Morgan fingerprint density at radius 2 is 2.04 bits per heavy atom. The summed E-state index contributed by atoms with van der Waals surface area (Å²) in [6, 6.07) is 5.38. The second-order valence-corrected chi connectivity index (χ2v) is 5.12. The predicted octanol–water partition coefficient (Wildman–Crippen LogP) is 1.74. The van der Waals surface area contributed by atoms with Gasteiger partial charge >= 0.3 is 5.97 Å². The zero-order chi connectivity index (χ0) is 17.7. The van der Waals surface area contributed by atoms with Crippen molar-refractivity contribution in [3.8, 4) is 5.75 Å². The number of nitrogens with zero attached hydrogens (tertiary/aromatic N) is 2. The lowest BCUT2D eigenvalue weighted by molar-refractivity contribution is -0.149. The van der Waals surface area contributed by atoms with E-state index in [1.54, 1.807) is 18.7 Å². The van der Waals surface area contributed by atoms with Crippen LogP contribution in [0.4, 0.5) is 10.1 Å². The molecule has 1 N–H and O–H groups in total. The molecule has 128 valence electrons. The Hall–Kier alpha value is -2.90. The van der Waals surface area contributed by atoms with Gasteiger partial charge in [-0.25, -0.2) is 9.18 Å². The molecule has 0 atom stereocenters. The number of nitrogens with one attached hydrogen (secondary N) is 1. The van der Waals surface area contributed by atoms with Crippen LogP contribution >= 0.6 is 0 Å². The first-order valence-electron chi connectivity index (χ1n) is 7.21. The third kappa shape index (κ3) is 4.55. The van der Waals surface area contributed by atoms with Crippen LogP contribution < -0.4 is 10.1 Å². The third-order valence-electron chi connectivity index (χ3n) is 3.29. The third-order valence-corrected chi connectivity index (χ3v) is 3.29. The highest BCUT2D eigenvalue weighted by Gasteiger charge is 2.14. The zero-order valence-corrected chi connectivity index (χ0v) is 13.6. The first-order chi connectivity index (χ1) is 11.4. The summed E-state index contributed by atoms with van der Waals surface area (Å²) in [5.74, 6) is -1.47. The van der Waals surface area contributed by atoms with Crippen LogP contribution in [-0.2, 0) is 21.4 Å². The summed E-state index contributed by atoms with van der Waals surface area (Å²) in [5, 5.41) is 6.82. The fraction of sp³-hybridized carbons (Fsp3) is 0.312. The molecule has 1 amide bonds. The van der Waals surface area contributed by atoms with Crippen molar-refractivity contribution >= 4 is 17.6 Å². The van der Waals surface area contributed by atoms with Gasteiger partial charge in [0.2, 0.25) is 0 Å². The van der Waals surface area contributed by atoms with E-state index in [1.807, 2.05) is 6.92 Å². The molecule has 1 aromatic heterocycles. The van der Waals surface area contributed by atoms with Gasteiger partial charge in [0.15, 0.2) is 13.2 Å². The van der Waals surface area contributed by atoms with Crippen LogP contribution in [0.5, 0.6) is 5.75 Å². The summed E-state index contributed by atoms with van der Waals surface area (Å²) in [4.78, 5) is 23.4. The SMILES string of the molecule is Cc1nn(C)c(C)c1NC(=O)COC(=O)COc1cccc(F)c1. The standard InChI is InChI=1S/C16H18FN3O4/c1-10-16(11(2)20(3)19-10)18-14(21)8-24-15(22)9-23-13-6-4-5-12(17)7-13/h4-7H,8-9H2,1-3H3,(H,18,21). The van der Waals surface area contributed by atoms with Crippen LogP contribution in [0.25, 0.3) is 0 Å². The highest BCUT2D eigenvalue weighted by molar-refractivity contribution is 5.93. The molecule has 1 heterocycles. The van der Waals surface area contributed by atoms with E-state index in [1.165, 1.54) is 18.2 Å². The molecule has 24 heavy (non-hydrogen) atoms. The molecule has 0 unspecified atom stereocenters. The lowest BCUT2D eigenvalue weighted by atomic mass is 10.3. The summed E-state index contributed by atoms with van der Waals surface area (Å²) >= 11 is 0. The summed E-state index contributed by atoms with van der Waals surface area (Å²) < 4.78 is 24.5. The first kappa shape index (κ1) is 17.5. The molecule has 0 saturated carbocycles. The number of halogens is 1. The van der Waals surface area contributed by atoms with Crippen molar-refractivity contribution in [3.63, 3.8) is 0 Å². The number of benzene rings is 1. The van der Waals surface area contributed by atoms with Gasteiger partial charge in [-0.15, -0.1) is 0 Å². The number of ether oxygens (including phenoxy) is 2. The second kappa shape index (κ2) is 7.58. The lowest BCUT2D eigenvalue weighted by Crippen LogP contribution is -2.24. The molecule has 1 aromatic carbocycles. The smallest absolute Gasteiger partial charge is 0.344 e. The van der Waals surface area contributed by atoms with Crippen LogP contribution in [0.2, 0.25) is 0 Å². The molecular weight excluding hydrogens is 317 g/mol. The van der Waals surface area contributed by atoms with Crippen molar-refractivity contribution < 1.29 is 23.5 Å². The van der Waals surface area contributed by atoms with Crippen molar-refractivity contribution in [2.75, 3.05) is 18.5 Å². The molecular formula is C16H18FN3O4. The quantitative estimate of drug-likeness (QED) is 0.813. The van der Waals surface area contributed by atoms with E-state index in [9.17, 15) is 14.0 Å². The maximum atomic E-state index is 13.0. The Morgan fingerprint density at radius 1 is 1.29 bits per heavy atom. The Labute approximate surface area is 138 Å². The highest BCUT2D eigenvalue weighted by atomic mass is 19.1. The minimum atomic E-state index is -0.728. The summed E-state index contributed by atoms with van der Waals surface area (Å²) in [6.07, 6.45) is 0. The molecule has 0 aliphatic heterocycles. The van der Waals surface area contributed by atoms with Crippen molar-refractivity contribution in [3.05, 3.63) is 41.5 Å². The number of rotatable bonds is 6. The van der Waals surface area contributed by atoms with E-state index in [0.717, 1.165) is 11.8 Å². The van der Waals surface area contributed by atoms with Gasteiger partial charge in [0.1, 0.15) is 11.6 Å². The van der Waals surface area contributed by atoms with Gasteiger partial charge in [-0.2, -0.15) is 5.10 Å². The molecule has 7 nitrogen and oxygen atoms in total. The van der Waals surface area contributed by atoms with Crippen LogP contribution in [0.1, 0.15) is 11.4 Å². The van der Waals surface area contributed by atoms with Gasteiger partial charge in [-0.05, 0) is 26.0 Å². The topological polar surface area (TPSA) is 82.5 Å². The van der Waals surface area contributed by atoms with Gasteiger partial charge in [0, 0.05) is 13.1 Å². The number of carbonyl (C=O) groups excluding carboxylic acids is 2. The predicted molar refractivity (Wildman–Crippen MR) is 84.2 cm³/mol. The molecule has 0 radical (unpaired) electrons. The molecule has 0 aliphatic carbocycles. The molecule has 8 heteroatoms. The number of esters is 1. The summed E-state index contributed by atoms with van der Waals surface area (Å²) in [7, 11) is 1.77. The van der Waals surface area contributed by atoms with Gasteiger partial charge < -0.3 is 14.8 Å². The normalized spacial score (nSPS) is 10.3. The van der Waals surface area contributed by atoms with Crippen LogP contribution in [-0.4, -0.2) is 34.9 Å². The Kier molecular flexibility index (Phi) is 5.51. The van der Waals surface area contributed by atoms with Crippen molar-refractivity contribution in [2.24, 2.45) is 7.05 Å². The second-order valence-electron chi connectivity index (χ2n) is 5.12. The van der Waals surface area contributed by atoms with E-state index in [0.29, 0.717) is 11.4 Å². The number of aryl methyl sites for hydroxylation is 2. The van der Waals surface area contributed by atoms with Crippen molar-refractivity contribution in [2.45, 2.75) is 13.8 Å². The molecule has 0 fully saturated rings. The average Bonchev–Trinajstić information content (AvgIpc) is 2.77. The van der Waals surface area contributed by atoms with Gasteiger partial charge in [-0.1, -0.05) is 6.07 Å². The number of hydrogen-bond acceptors (Lipinski definition) is 5. The Morgan fingerprint density at radius 3 is 2.67 bits per heavy atom. The monoisotopic (exact) mass is 335 g/mol. The largest absolute Gasteiger partial charge is 0.482 e. The Bertz CT molecular complexity index is 758. The van der Waals surface area contributed by atoms with Crippen LogP contribution in [0.3, 0.4) is 0 Å². The molecule has 0 bridgehead atoms. The summed E-state index contributed by atoms with van der Waals surface area (Å²) in [6.45, 7) is 2.72. The van der Waals surface area contributed by atoms with Gasteiger partial charge in [0.25, 0.3) is 5.91 Å². The average molecular weight is 335 g/mol. The maximum Gasteiger partial charge on any atom is 0.344 e. The fourth-order valence-electron chi connectivity index (χ4n) is 2.02. The number of hydrogen-bond donors (Lipinski definition) is 1. The van der Waals surface area contributed by atoms with Crippen molar-refractivity contribution in [1.29, 1.82) is 0 Å². The van der Waals surface area contributed by atoms with Gasteiger partial charge in [-0.3, -0.25) is 9.48 Å². The Balaban J connectivity index is 1.78. The van der Waals surface area contributed by atoms with Crippen LogP contribution in [0, 0.1) is 19.7 Å². The fourth-order valence-corrected chi connectivity index (χ4v) is 2.02. The van der Waals surface area contributed by atoms with E-state index in [2.05, 4.69) is 10.4 Å². The van der Waals surface area contributed by atoms with E-state index < -0.39 is 30.9 Å². The van der Waals surface area contributed by atoms with E-state index in [-0.39, 0.29) is 5.75 Å². The molecule has 0 saturated heterocycles. The molecule has 0 aliphatic rings. The van der Waals surface area contributed by atoms with Crippen molar-refractivity contribution in [1.82, 2.24) is 9.78 Å². The first-order valence-corrected chi connectivity index (χ1v) is 7.21.